The Morgan fingerprint density at radius 1 is 1.12 bits per heavy atom. The molecule has 7 heteroatoms. The van der Waals surface area contributed by atoms with Crippen LogP contribution in [-0.4, -0.2) is 20.7 Å². The molecule has 0 spiro atoms. The van der Waals surface area contributed by atoms with E-state index in [0.717, 1.165) is 25.8 Å². The first-order valence-corrected chi connectivity index (χ1v) is 8.81. The summed E-state index contributed by atoms with van der Waals surface area (Å²) in [5.41, 5.74) is 3.64. The lowest BCUT2D eigenvalue weighted by atomic mass is 10.2. The Balaban J connectivity index is 1.79. The molecule has 2 heterocycles. The van der Waals surface area contributed by atoms with Crippen LogP contribution in [0.1, 0.15) is 5.56 Å². The molecule has 3 aromatic rings. The molecule has 3 rings (SSSR count). The van der Waals surface area contributed by atoms with Gasteiger partial charge in [-0.05, 0) is 74.7 Å². The fourth-order valence-corrected chi connectivity index (χ4v) is 3.97. The van der Waals surface area contributed by atoms with E-state index < -0.39 is 0 Å². The van der Waals surface area contributed by atoms with Crippen LogP contribution in [-0.2, 0) is 11.3 Å². The Morgan fingerprint density at radius 2 is 1.79 bits per heavy atom. The quantitative estimate of drug-likeness (QED) is 0.641. The Bertz CT molecular complexity index is 854. The number of benzene rings is 1. The number of halogens is 2. The molecule has 1 amide bonds. The average Bonchev–Trinajstić information content (AvgIpc) is 3.00. The molecule has 2 aromatic heterocycles. The number of pyridine rings is 1. The molecular weight excluding hydrogens is 436 g/mol. The van der Waals surface area contributed by atoms with Crippen LogP contribution >= 0.6 is 31.9 Å². The molecule has 1 aromatic carbocycles. The van der Waals surface area contributed by atoms with Gasteiger partial charge < -0.3 is 5.32 Å². The number of carbonyl (C=O) groups excluding carboxylic acids is 1. The van der Waals surface area contributed by atoms with E-state index in [1.54, 1.807) is 23.3 Å². The number of hydrogen-bond donors (Lipinski definition) is 1. The highest BCUT2D eigenvalue weighted by molar-refractivity contribution is 9.11. The number of carbonyl (C=O) groups is 1. The van der Waals surface area contributed by atoms with Crippen molar-refractivity contribution in [1.82, 2.24) is 14.8 Å². The second-order valence-corrected chi connectivity index (χ2v) is 6.97. The molecule has 0 fully saturated rings. The normalized spacial score (nSPS) is 10.6. The summed E-state index contributed by atoms with van der Waals surface area (Å²) in [6, 6.07) is 9.56. The van der Waals surface area contributed by atoms with Gasteiger partial charge in [0.15, 0.2) is 0 Å². The maximum Gasteiger partial charge on any atom is 0.246 e. The van der Waals surface area contributed by atoms with Gasteiger partial charge in [0.05, 0.1) is 11.4 Å². The second kappa shape index (κ2) is 7.27. The van der Waals surface area contributed by atoms with Gasteiger partial charge in [0.25, 0.3) is 0 Å². The topological polar surface area (TPSA) is 59.8 Å². The van der Waals surface area contributed by atoms with E-state index in [1.807, 2.05) is 37.3 Å². The molecule has 0 aliphatic heterocycles. The van der Waals surface area contributed by atoms with Gasteiger partial charge in [-0.25, -0.2) is 0 Å². The minimum atomic E-state index is -0.153. The number of nitrogens with one attached hydrogen (secondary N) is 1. The van der Waals surface area contributed by atoms with Gasteiger partial charge in [-0.15, -0.1) is 0 Å². The molecule has 24 heavy (non-hydrogen) atoms. The Kier molecular flexibility index (Phi) is 5.11. The lowest BCUT2D eigenvalue weighted by molar-refractivity contribution is -0.116. The maximum atomic E-state index is 12.4. The maximum absolute atomic E-state index is 12.4. The Hall–Kier alpha value is -1.99. The van der Waals surface area contributed by atoms with Crippen molar-refractivity contribution in [2.24, 2.45) is 0 Å². The standard InChI is InChI=1S/C17H14Br2N4O/c1-11-8-13(18)17(14(19)9-11)22-16(24)10-23-15(4-7-21-23)12-2-5-20-6-3-12/h2-9H,10H2,1H3,(H,22,24). The lowest BCUT2D eigenvalue weighted by Gasteiger charge is -2.12. The van der Waals surface area contributed by atoms with Crippen molar-refractivity contribution in [2.45, 2.75) is 13.5 Å². The third-order valence-electron chi connectivity index (χ3n) is 3.44. The molecule has 122 valence electrons. The minimum Gasteiger partial charge on any atom is -0.323 e. The van der Waals surface area contributed by atoms with E-state index in [2.05, 4.69) is 47.3 Å². The summed E-state index contributed by atoms with van der Waals surface area (Å²) in [5, 5.41) is 7.16. The van der Waals surface area contributed by atoms with Gasteiger partial charge in [0, 0.05) is 33.1 Å². The monoisotopic (exact) mass is 448 g/mol. The zero-order chi connectivity index (χ0) is 17.1. The summed E-state index contributed by atoms with van der Waals surface area (Å²) in [6.45, 7) is 2.11. The van der Waals surface area contributed by atoms with Gasteiger partial charge in [0.2, 0.25) is 5.91 Å². The molecule has 1 N–H and O–H groups in total. The van der Waals surface area contributed by atoms with Crippen LogP contribution in [0.5, 0.6) is 0 Å². The van der Waals surface area contributed by atoms with Crippen molar-refractivity contribution in [3.05, 3.63) is 63.4 Å². The van der Waals surface area contributed by atoms with Crippen LogP contribution in [0.4, 0.5) is 5.69 Å². The highest BCUT2D eigenvalue weighted by Gasteiger charge is 2.13. The van der Waals surface area contributed by atoms with E-state index in [0.29, 0.717) is 5.69 Å². The molecule has 0 atom stereocenters. The van der Waals surface area contributed by atoms with Gasteiger partial charge >= 0.3 is 0 Å². The van der Waals surface area contributed by atoms with Crippen LogP contribution in [0.25, 0.3) is 11.3 Å². The van der Waals surface area contributed by atoms with Gasteiger partial charge in [-0.1, -0.05) is 0 Å². The van der Waals surface area contributed by atoms with Crippen LogP contribution < -0.4 is 5.32 Å². The first-order valence-electron chi connectivity index (χ1n) is 7.22. The van der Waals surface area contributed by atoms with Crippen molar-refractivity contribution in [1.29, 1.82) is 0 Å². The van der Waals surface area contributed by atoms with Crippen LogP contribution in [0.15, 0.2) is 57.9 Å². The molecular formula is C17H14Br2N4O. The highest BCUT2D eigenvalue weighted by atomic mass is 79.9. The number of hydrogen-bond acceptors (Lipinski definition) is 3. The summed E-state index contributed by atoms with van der Waals surface area (Å²) in [6.07, 6.45) is 5.11. The van der Waals surface area contributed by atoms with Crippen molar-refractivity contribution in [2.75, 3.05) is 5.32 Å². The molecule has 0 aliphatic carbocycles. The van der Waals surface area contributed by atoms with Crippen molar-refractivity contribution in [3.63, 3.8) is 0 Å². The fraction of sp³-hybridized carbons (Fsp3) is 0.118. The zero-order valence-corrected chi connectivity index (χ0v) is 16.0. The zero-order valence-electron chi connectivity index (χ0n) is 12.8. The van der Waals surface area contributed by atoms with E-state index in [4.69, 9.17) is 0 Å². The summed E-state index contributed by atoms with van der Waals surface area (Å²) in [7, 11) is 0. The third kappa shape index (κ3) is 3.73. The predicted molar refractivity (Wildman–Crippen MR) is 101 cm³/mol. The smallest absolute Gasteiger partial charge is 0.246 e. The number of aryl methyl sites for hydroxylation is 1. The number of nitrogens with zero attached hydrogens (tertiary/aromatic N) is 3. The van der Waals surface area contributed by atoms with E-state index in [9.17, 15) is 4.79 Å². The highest BCUT2D eigenvalue weighted by Crippen LogP contribution is 2.32. The number of rotatable bonds is 4. The molecule has 0 aliphatic rings. The average molecular weight is 450 g/mol. The number of amides is 1. The molecule has 0 unspecified atom stereocenters. The number of anilines is 1. The third-order valence-corrected chi connectivity index (χ3v) is 4.69. The fourth-order valence-electron chi connectivity index (χ4n) is 2.36. The van der Waals surface area contributed by atoms with Crippen LogP contribution in [0, 0.1) is 6.92 Å². The first-order chi connectivity index (χ1) is 11.5. The largest absolute Gasteiger partial charge is 0.323 e. The Labute approximate surface area is 156 Å². The van der Waals surface area contributed by atoms with Crippen LogP contribution in [0.2, 0.25) is 0 Å². The predicted octanol–water partition coefficient (Wildman–Crippen LogP) is 4.42. The molecule has 0 radical (unpaired) electrons. The summed E-state index contributed by atoms with van der Waals surface area (Å²) < 4.78 is 3.33. The number of aromatic nitrogens is 3. The summed E-state index contributed by atoms with van der Waals surface area (Å²) >= 11 is 6.96. The molecule has 0 saturated carbocycles. The van der Waals surface area contributed by atoms with Gasteiger partial charge in [0.1, 0.15) is 6.54 Å². The van der Waals surface area contributed by atoms with Crippen molar-refractivity contribution >= 4 is 43.5 Å². The van der Waals surface area contributed by atoms with Gasteiger partial charge in [-0.3, -0.25) is 14.5 Å². The van der Waals surface area contributed by atoms with E-state index >= 15 is 0 Å². The summed E-state index contributed by atoms with van der Waals surface area (Å²) in [5.74, 6) is -0.153. The minimum absolute atomic E-state index is 0.122. The van der Waals surface area contributed by atoms with E-state index in [-0.39, 0.29) is 12.5 Å². The van der Waals surface area contributed by atoms with Crippen molar-refractivity contribution < 1.29 is 4.79 Å². The Morgan fingerprint density at radius 3 is 2.46 bits per heavy atom. The van der Waals surface area contributed by atoms with Crippen molar-refractivity contribution in [3.8, 4) is 11.3 Å². The van der Waals surface area contributed by atoms with Gasteiger partial charge in [-0.2, -0.15) is 5.10 Å². The molecule has 0 saturated heterocycles. The molecule has 5 nitrogen and oxygen atoms in total. The lowest BCUT2D eigenvalue weighted by Crippen LogP contribution is -2.20. The molecule has 0 bridgehead atoms. The van der Waals surface area contributed by atoms with E-state index in [1.165, 1.54) is 0 Å². The summed E-state index contributed by atoms with van der Waals surface area (Å²) in [4.78, 5) is 16.4. The first kappa shape index (κ1) is 16.9. The van der Waals surface area contributed by atoms with Crippen LogP contribution in [0.3, 0.4) is 0 Å². The second-order valence-electron chi connectivity index (χ2n) is 5.26. The SMILES string of the molecule is Cc1cc(Br)c(NC(=O)Cn2nccc2-c2ccncc2)c(Br)c1.